The first-order valence-corrected chi connectivity index (χ1v) is 26.6. The number of anilines is 3. The van der Waals surface area contributed by atoms with Crippen molar-refractivity contribution in [2.75, 3.05) is 4.90 Å². The molecule has 0 saturated heterocycles. The van der Waals surface area contributed by atoms with Crippen molar-refractivity contribution in [2.24, 2.45) is 0 Å². The van der Waals surface area contributed by atoms with Crippen LogP contribution in [0.4, 0.5) is 17.1 Å². The molecule has 1 aromatic heterocycles. The summed E-state index contributed by atoms with van der Waals surface area (Å²) < 4.78 is 13.7. The summed E-state index contributed by atoms with van der Waals surface area (Å²) in [6.07, 6.45) is 0. The first kappa shape index (κ1) is 43.4. The van der Waals surface area contributed by atoms with E-state index in [1.807, 2.05) is 0 Å². The molecule has 3 aliphatic rings. The minimum atomic E-state index is -0.663. The van der Waals surface area contributed by atoms with E-state index in [4.69, 9.17) is 9.15 Å². The number of benzene rings is 12. The molecule has 3 nitrogen and oxygen atoms in total. The number of furan rings is 1. The van der Waals surface area contributed by atoms with Crippen LogP contribution in [0.25, 0.3) is 66.4 Å². The van der Waals surface area contributed by atoms with E-state index in [9.17, 15) is 0 Å². The molecule has 16 rings (SSSR count). The highest BCUT2D eigenvalue weighted by Gasteiger charge is 2.52. The number of fused-ring (bicyclic) bond motifs is 15. The van der Waals surface area contributed by atoms with E-state index < -0.39 is 10.8 Å². The van der Waals surface area contributed by atoms with Gasteiger partial charge in [-0.3, -0.25) is 0 Å². The van der Waals surface area contributed by atoms with Crippen LogP contribution >= 0.6 is 0 Å². The molecule has 1 unspecified atom stereocenters. The zero-order valence-corrected chi connectivity index (χ0v) is 41.9. The summed E-state index contributed by atoms with van der Waals surface area (Å²) in [7, 11) is 0. The standard InChI is InChI=1S/C74H47NO2/c1-4-21-48(22-5-1)55-32-19-38-65-71(55)59-31-12-15-36-63(59)73(65,50-25-8-3-9-26-50)51-27-18-28-52(45-51)75(53-41-43-67-60(46-53)72-56(33-20-40-70(72)76-67)49-23-6-2-7-24-49)54-42-44-69-66(47-54)74(64-37-16-17-39-68(64)77-69)61-34-13-10-29-57(61)58-30-11-14-35-62(58)74/h1-47H. The lowest BCUT2D eigenvalue weighted by Crippen LogP contribution is -2.32. The Morgan fingerprint density at radius 3 is 1.53 bits per heavy atom. The summed E-state index contributed by atoms with van der Waals surface area (Å²) >= 11 is 0. The Bertz CT molecular complexity index is 4450. The molecule has 0 N–H and O–H groups in total. The van der Waals surface area contributed by atoms with Gasteiger partial charge in [0.2, 0.25) is 0 Å². The van der Waals surface area contributed by atoms with Crippen molar-refractivity contribution in [3.63, 3.8) is 0 Å². The molecule has 13 aromatic rings. The molecule has 12 aromatic carbocycles. The van der Waals surface area contributed by atoms with Crippen LogP contribution in [0.2, 0.25) is 0 Å². The predicted molar refractivity (Wildman–Crippen MR) is 314 cm³/mol. The lowest BCUT2D eigenvalue weighted by Gasteiger charge is -2.40. The van der Waals surface area contributed by atoms with Gasteiger partial charge in [-0.1, -0.05) is 224 Å². The lowest BCUT2D eigenvalue weighted by molar-refractivity contribution is 0.436. The van der Waals surface area contributed by atoms with Gasteiger partial charge in [0.25, 0.3) is 0 Å². The zero-order valence-electron chi connectivity index (χ0n) is 41.9. The molecular weight excluding hydrogens is 935 g/mol. The second-order valence-electron chi connectivity index (χ2n) is 20.6. The summed E-state index contributed by atoms with van der Waals surface area (Å²) in [6, 6.07) is 104. The van der Waals surface area contributed by atoms with Gasteiger partial charge in [0.15, 0.2) is 0 Å². The first-order valence-electron chi connectivity index (χ1n) is 26.6. The van der Waals surface area contributed by atoms with Crippen molar-refractivity contribution < 1.29 is 9.15 Å². The maximum Gasteiger partial charge on any atom is 0.136 e. The summed E-state index contributed by atoms with van der Waals surface area (Å²) in [6.45, 7) is 0. The highest BCUT2D eigenvalue weighted by molar-refractivity contribution is 6.13. The van der Waals surface area contributed by atoms with Crippen molar-refractivity contribution >= 4 is 39.0 Å². The van der Waals surface area contributed by atoms with Crippen molar-refractivity contribution in [1.29, 1.82) is 0 Å². The Hall–Kier alpha value is -9.96. The van der Waals surface area contributed by atoms with E-state index in [2.05, 4.69) is 290 Å². The monoisotopic (exact) mass is 981 g/mol. The number of nitrogens with zero attached hydrogens (tertiary/aromatic N) is 1. The Balaban J connectivity index is 0.979. The Kier molecular flexibility index (Phi) is 9.47. The normalized spacial score (nSPS) is 15.0. The van der Waals surface area contributed by atoms with E-state index in [0.717, 1.165) is 72.8 Å². The van der Waals surface area contributed by atoms with Crippen LogP contribution < -0.4 is 9.64 Å². The average Bonchev–Trinajstić information content (AvgIpc) is 4.36. The molecule has 1 atom stereocenters. The van der Waals surface area contributed by atoms with Gasteiger partial charge in [0.05, 0.1) is 10.8 Å². The van der Waals surface area contributed by atoms with Gasteiger partial charge in [-0.05, 0) is 139 Å². The van der Waals surface area contributed by atoms with Crippen LogP contribution in [0.3, 0.4) is 0 Å². The van der Waals surface area contributed by atoms with E-state index in [1.54, 1.807) is 0 Å². The number of hydrogen-bond acceptors (Lipinski definition) is 3. The number of ether oxygens (including phenoxy) is 1. The van der Waals surface area contributed by atoms with E-state index in [1.165, 1.54) is 66.8 Å². The third-order valence-electron chi connectivity index (χ3n) is 16.8. The van der Waals surface area contributed by atoms with Gasteiger partial charge in [-0.25, -0.2) is 0 Å². The first-order chi connectivity index (χ1) is 38.2. The largest absolute Gasteiger partial charge is 0.457 e. The molecule has 0 radical (unpaired) electrons. The van der Waals surface area contributed by atoms with Crippen LogP contribution in [0.15, 0.2) is 290 Å². The molecule has 360 valence electrons. The Morgan fingerprint density at radius 1 is 0.286 bits per heavy atom. The second kappa shape index (κ2) is 16.8. The van der Waals surface area contributed by atoms with Gasteiger partial charge in [0.1, 0.15) is 22.7 Å². The third-order valence-corrected chi connectivity index (χ3v) is 16.8. The molecule has 2 aliphatic carbocycles. The SMILES string of the molecule is c1ccc(-c2cccc3c2-c2ccccc2C3(c2ccccc2)c2cccc(N(c3ccc4c(c3)C3(c5ccccc5O4)c4ccccc4-c4ccccc43)c3ccc4oc5cccc(-c6ccccc6)c5c4c3)c2)cc1. The Morgan fingerprint density at radius 2 is 0.792 bits per heavy atom. The van der Waals surface area contributed by atoms with Crippen LogP contribution in [0, 0.1) is 0 Å². The maximum absolute atomic E-state index is 7.02. The van der Waals surface area contributed by atoms with Gasteiger partial charge < -0.3 is 14.1 Å². The maximum atomic E-state index is 7.02. The average molecular weight is 982 g/mol. The molecule has 0 amide bonds. The van der Waals surface area contributed by atoms with Gasteiger partial charge in [-0.2, -0.15) is 0 Å². The predicted octanol–water partition coefficient (Wildman–Crippen LogP) is 19.2. The van der Waals surface area contributed by atoms with E-state index in [0.29, 0.717) is 0 Å². The van der Waals surface area contributed by atoms with Gasteiger partial charge >= 0.3 is 0 Å². The van der Waals surface area contributed by atoms with Gasteiger partial charge in [-0.15, -0.1) is 0 Å². The summed E-state index contributed by atoms with van der Waals surface area (Å²) in [5, 5.41) is 2.14. The fourth-order valence-corrected chi connectivity index (χ4v) is 13.8. The molecule has 77 heavy (non-hydrogen) atoms. The van der Waals surface area contributed by atoms with Crippen molar-refractivity contribution in [2.45, 2.75) is 10.8 Å². The fourth-order valence-electron chi connectivity index (χ4n) is 13.8. The zero-order chi connectivity index (χ0) is 50.7. The second-order valence-corrected chi connectivity index (χ2v) is 20.6. The van der Waals surface area contributed by atoms with Crippen LogP contribution in [0.5, 0.6) is 11.5 Å². The summed E-state index contributed by atoms with van der Waals surface area (Å²) in [5.74, 6) is 1.71. The summed E-state index contributed by atoms with van der Waals surface area (Å²) in [5.41, 5.74) is 22.8. The van der Waals surface area contributed by atoms with E-state index in [-0.39, 0.29) is 0 Å². The highest BCUT2D eigenvalue weighted by atomic mass is 16.5. The number of hydrogen-bond donors (Lipinski definition) is 0. The third kappa shape index (κ3) is 6.14. The van der Waals surface area contributed by atoms with Crippen LogP contribution in [0.1, 0.15) is 44.5 Å². The number of para-hydroxylation sites is 1. The van der Waals surface area contributed by atoms with E-state index >= 15 is 0 Å². The molecule has 0 bridgehead atoms. The molecular formula is C74H47NO2. The summed E-state index contributed by atoms with van der Waals surface area (Å²) in [4.78, 5) is 2.45. The van der Waals surface area contributed by atoms with Crippen molar-refractivity contribution in [3.05, 3.63) is 330 Å². The topological polar surface area (TPSA) is 25.6 Å². The highest BCUT2D eigenvalue weighted by Crippen LogP contribution is 2.63. The van der Waals surface area contributed by atoms with Crippen LogP contribution in [-0.4, -0.2) is 0 Å². The minimum Gasteiger partial charge on any atom is -0.457 e. The fraction of sp³-hybridized carbons (Fsp3) is 0.0270. The molecule has 1 aliphatic heterocycles. The van der Waals surface area contributed by atoms with Crippen molar-refractivity contribution in [1.82, 2.24) is 0 Å². The molecule has 0 fully saturated rings. The minimum absolute atomic E-state index is 0.652. The lowest BCUT2D eigenvalue weighted by atomic mass is 9.66. The quantitative estimate of drug-likeness (QED) is 0.159. The van der Waals surface area contributed by atoms with Gasteiger partial charge in [0, 0.05) is 39.0 Å². The molecule has 3 heteroatoms. The number of rotatable bonds is 7. The Labute approximate surface area is 447 Å². The van der Waals surface area contributed by atoms with Crippen LogP contribution in [-0.2, 0) is 10.8 Å². The molecule has 0 saturated carbocycles. The van der Waals surface area contributed by atoms with Crippen molar-refractivity contribution in [3.8, 4) is 56.0 Å². The smallest absolute Gasteiger partial charge is 0.136 e. The molecule has 1 spiro atoms. The molecule has 2 heterocycles.